The molecule has 0 unspecified atom stereocenters. The van der Waals surface area contributed by atoms with Crippen LogP contribution in [-0.2, 0) is 14.3 Å². The first kappa shape index (κ1) is 14.2. The fraction of sp³-hybridized carbons (Fsp3) is 0.333. The van der Waals surface area contributed by atoms with Gasteiger partial charge in [0, 0.05) is 19.4 Å². The number of hydrogen-bond acceptors (Lipinski definition) is 7. The molecule has 7 nitrogen and oxygen atoms in total. The number of esters is 1. The molecular formula is C15H14O7. The Morgan fingerprint density at radius 2 is 1.95 bits per heavy atom. The van der Waals surface area contributed by atoms with Crippen molar-refractivity contribution in [1.82, 2.24) is 0 Å². The lowest BCUT2D eigenvalue weighted by Crippen LogP contribution is -2.39. The van der Waals surface area contributed by atoms with Crippen molar-refractivity contribution in [2.45, 2.75) is 19.6 Å². The summed E-state index contributed by atoms with van der Waals surface area (Å²) >= 11 is 0. The van der Waals surface area contributed by atoms with Crippen LogP contribution < -0.4 is 14.2 Å². The second-order valence-electron chi connectivity index (χ2n) is 5.12. The molecule has 2 heterocycles. The largest absolute Gasteiger partial charge is 0.486 e. The molecule has 3 rings (SSSR count). The molecule has 2 aliphatic rings. The molecule has 1 aromatic rings. The molecule has 0 bridgehead atoms. The quantitative estimate of drug-likeness (QED) is 0.479. The van der Waals surface area contributed by atoms with Gasteiger partial charge in [-0.1, -0.05) is 0 Å². The fourth-order valence-corrected chi connectivity index (χ4v) is 2.29. The molecule has 2 aliphatic heterocycles. The van der Waals surface area contributed by atoms with Gasteiger partial charge < -0.3 is 23.7 Å². The van der Waals surface area contributed by atoms with Gasteiger partial charge in [-0.2, -0.15) is 0 Å². The Hall–Kier alpha value is -2.70. The summed E-state index contributed by atoms with van der Waals surface area (Å²) in [5, 5.41) is 0. The molecule has 0 amide bonds. The Morgan fingerprint density at radius 3 is 2.73 bits per heavy atom. The maximum Gasteiger partial charge on any atom is 0.349 e. The molecular weight excluding hydrogens is 292 g/mol. The predicted molar refractivity (Wildman–Crippen MR) is 73.7 cm³/mol. The highest BCUT2D eigenvalue weighted by atomic mass is 16.7. The van der Waals surface area contributed by atoms with Crippen LogP contribution in [0.3, 0.4) is 0 Å². The minimum Gasteiger partial charge on any atom is -0.486 e. The molecule has 0 atom stereocenters. The number of carbonyl (C=O) groups excluding carboxylic acids is 2. The van der Waals surface area contributed by atoms with E-state index >= 15 is 0 Å². The highest BCUT2D eigenvalue weighted by Gasteiger charge is 2.39. The van der Waals surface area contributed by atoms with Gasteiger partial charge in [0.15, 0.2) is 11.5 Å². The predicted octanol–water partition coefficient (Wildman–Crippen LogP) is 1.89. The van der Waals surface area contributed by atoms with E-state index < -0.39 is 11.8 Å². The van der Waals surface area contributed by atoms with Gasteiger partial charge in [-0.15, -0.1) is 0 Å². The van der Waals surface area contributed by atoms with E-state index in [4.69, 9.17) is 18.9 Å². The van der Waals surface area contributed by atoms with Crippen molar-refractivity contribution in [1.29, 1.82) is 0 Å². The molecule has 0 aromatic heterocycles. The van der Waals surface area contributed by atoms with Gasteiger partial charge in [0.2, 0.25) is 5.79 Å². The Balaban J connectivity index is 2.16. The molecule has 7 heteroatoms. The van der Waals surface area contributed by atoms with E-state index in [2.05, 4.69) is 4.74 Å². The summed E-state index contributed by atoms with van der Waals surface area (Å²) in [6.07, 6.45) is 2.69. The number of cyclic esters (lactones) is 1. The summed E-state index contributed by atoms with van der Waals surface area (Å²) < 4.78 is 26.6. The summed E-state index contributed by atoms with van der Waals surface area (Å²) in [4.78, 5) is 22.6. The molecule has 0 spiro atoms. The van der Waals surface area contributed by atoms with Crippen molar-refractivity contribution >= 4 is 18.5 Å². The van der Waals surface area contributed by atoms with Crippen molar-refractivity contribution < 1.29 is 33.3 Å². The van der Waals surface area contributed by atoms with Crippen molar-refractivity contribution in [3.05, 3.63) is 23.5 Å². The van der Waals surface area contributed by atoms with Crippen LogP contribution in [0, 0.1) is 0 Å². The first-order chi connectivity index (χ1) is 10.5. The van der Waals surface area contributed by atoms with Crippen LogP contribution in [-0.4, -0.2) is 31.4 Å². The standard InChI is InChI=1S/C15H14O7/c1-15(2)21-12-9(3-4-18-8-16)7-10-13(20-6-5-19-10)11(12)14(17)22-15/h3-4,7-8H,5-6H2,1-2H3/b4-3+. The van der Waals surface area contributed by atoms with Crippen LogP contribution in [0.25, 0.3) is 6.08 Å². The first-order valence-electron chi connectivity index (χ1n) is 6.66. The van der Waals surface area contributed by atoms with E-state index in [1.165, 1.54) is 12.3 Å². The fourth-order valence-electron chi connectivity index (χ4n) is 2.29. The molecule has 1 aromatic carbocycles. The molecule has 22 heavy (non-hydrogen) atoms. The van der Waals surface area contributed by atoms with Crippen LogP contribution in [0.15, 0.2) is 12.3 Å². The average molecular weight is 306 g/mol. The lowest BCUT2D eigenvalue weighted by atomic mass is 10.0. The molecule has 0 N–H and O–H groups in total. The zero-order chi connectivity index (χ0) is 15.7. The maximum absolute atomic E-state index is 12.3. The number of rotatable bonds is 3. The number of fused-ring (bicyclic) bond motifs is 3. The van der Waals surface area contributed by atoms with Crippen molar-refractivity contribution in [2.24, 2.45) is 0 Å². The van der Waals surface area contributed by atoms with E-state index in [9.17, 15) is 9.59 Å². The Bertz CT molecular complexity index is 660. The molecule has 0 saturated heterocycles. The first-order valence-corrected chi connectivity index (χ1v) is 6.66. The van der Waals surface area contributed by atoms with Crippen molar-refractivity contribution in [2.75, 3.05) is 13.2 Å². The van der Waals surface area contributed by atoms with E-state index in [1.54, 1.807) is 19.9 Å². The average Bonchev–Trinajstić information content (AvgIpc) is 2.46. The van der Waals surface area contributed by atoms with Crippen LogP contribution in [0.5, 0.6) is 17.2 Å². The van der Waals surface area contributed by atoms with Crippen LogP contribution in [0.1, 0.15) is 29.8 Å². The number of carbonyl (C=O) groups is 2. The van der Waals surface area contributed by atoms with Crippen LogP contribution in [0.2, 0.25) is 0 Å². The summed E-state index contributed by atoms with van der Waals surface area (Å²) in [6.45, 7) is 4.25. The highest BCUT2D eigenvalue weighted by Crippen LogP contribution is 2.46. The molecule has 0 fully saturated rings. The monoisotopic (exact) mass is 306 g/mol. The zero-order valence-electron chi connectivity index (χ0n) is 12.1. The van der Waals surface area contributed by atoms with Gasteiger partial charge in [-0.25, -0.2) is 4.79 Å². The van der Waals surface area contributed by atoms with E-state index in [-0.39, 0.29) is 5.56 Å². The Morgan fingerprint density at radius 1 is 1.18 bits per heavy atom. The lowest BCUT2D eigenvalue weighted by molar-refractivity contribution is -0.128. The van der Waals surface area contributed by atoms with E-state index in [0.29, 0.717) is 42.5 Å². The Labute approximate surface area is 126 Å². The second-order valence-corrected chi connectivity index (χ2v) is 5.12. The van der Waals surface area contributed by atoms with Gasteiger partial charge in [0.25, 0.3) is 6.47 Å². The van der Waals surface area contributed by atoms with Crippen LogP contribution in [0.4, 0.5) is 0 Å². The molecule has 0 aliphatic carbocycles. The second kappa shape index (κ2) is 5.25. The zero-order valence-corrected chi connectivity index (χ0v) is 12.1. The smallest absolute Gasteiger partial charge is 0.349 e. The van der Waals surface area contributed by atoms with Gasteiger partial charge in [0.1, 0.15) is 24.5 Å². The summed E-state index contributed by atoms with van der Waals surface area (Å²) in [5.74, 6) is -0.649. The highest BCUT2D eigenvalue weighted by molar-refractivity contribution is 5.99. The van der Waals surface area contributed by atoms with E-state index in [1.807, 2.05) is 0 Å². The van der Waals surface area contributed by atoms with Crippen molar-refractivity contribution in [3.8, 4) is 17.2 Å². The minimum absolute atomic E-state index is 0.169. The molecule has 0 radical (unpaired) electrons. The summed E-state index contributed by atoms with van der Waals surface area (Å²) in [6, 6.07) is 1.66. The minimum atomic E-state index is -1.11. The number of hydrogen-bond donors (Lipinski definition) is 0. The molecule has 0 saturated carbocycles. The molecule has 116 valence electrons. The van der Waals surface area contributed by atoms with Crippen LogP contribution >= 0.6 is 0 Å². The SMILES string of the molecule is CC1(C)OC(=O)c2c(c(/C=C/OC=O)cc3c2OCCO3)O1. The summed E-state index contributed by atoms with van der Waals surface area (Å²) in [5.41, 5.74) is 0.688. The van der Waals surface area contributed by atoms with E-state index in [0.717, 1.165) is 0 Å². The van der Waals surface area contributed by atoms with Gasteiger partial charge >= 0.3 is 5.97 Å². The Kier molecular flexibility index (Phi) is 3.40. The number of benzene rings is 1. The third-order valence-electron chi connectivity index (χ3n) is 3.09. The van der Waals surface area contributed by atoms with Crippen molar-refractivity contribution in [3.63, 3.8) is 0 Å². The normalized spacial score (nSPS) is 18.2. The topological polar surface area (TPSA) is 80.3 Å². The van der Waals surface area contributed by atoms with Gasteiger partial charge in [-0.3, -0.25) is 4.79 Å². The lowest BCUT2D eigenvalue weighted by Gasteiger charge is -2.34. The third-order valence-corrected chi connectivity index (χ3v) is 3.09. The third kappa shape index (κ3) is 2.45. The van der Waals surface area contributed by atoms with Gasteiger partial charge in [0.05, 0.1) is 6.26 Å². The maximum atomic E-state index is 12.3. The van der Waals surface area contributed by atoms with Gasteiger partial charge in [-0.05, 0) is 12.1 Å². The summed E-state index contributed by atoms with van der Waals surface area (Å²) in [7, 11) is 0. The number of ether oxygens (including phenoxy) is 5.